The first-order valence-corrected chi connectivity index (χ1v) is 8.34. The van der Waals surface area contributed by atoms with Crippen molar-refractivity contribution in [2.45, 2.75) is 45.1 Å². The summed E-state index contributed by atoms with van der Waals surface area (Å²) >= 11 is 0. The van der Waals surface area contributed by atoms with E-state index in [2.05, 4.69) is 36.5 Å². The first-order valence-electron chi connectivity index (χ1n) is 8.34. The summed E-state index contributed by atoms with van der Waals surface area (Å²) < 4.78 is 0. The van der Waals surface area contributed by atoms with Crippen molar-refractivity contribution in [1.29, 1.82) is 0 Å². The number of hydrogen-bond acceptors (Lipinski definition) is 2. The largest absolute Gasteiger partial charge is 0.329 e. The Labute approximate surface area is 123 Å². The van der Waals surface area contributed by atoms with Crippen LogP contribution in [0.3, 0.4) is 0 Å². The lowest BCUT2D eigenvalue weighted by molar-refractivity contribution is 0.357. The molecule has 1 unspecified atom stereocenters. The zero-order chi connectivity index (χ0) is 13.9. The number of benzene rings is 1. The van der Waals surface area contributed by atoms with Crippen LogP contribution in [0.2, 0.25) is 0 Å². The Morgan fingerprint density at radius 1 is 1.10 bits per heavy atom. The lowest BCUT2D eigenvalue weighted by Crippen LogP contribution is -2.33. The van der Waals surface area contributed by atoms with Crippen molar-refractivity contribution in [3.05, 3.63) is 35.4 Å². The molecule has 2 aliphatic rings. The van der Waals surface area contributed by atoms with E-state index in [4.69, 9.17) is 5.73 Å². The van der Waals surface area contributed by atoms with Crippen LogP contribution in [0.1, 0.15) is 49.8 Å². The third-order valence-electron chi connectivity index (χ3n) is 5.08. The molecule has 0 radical (unpaired) electrons. The van der Waals surface area contributed by atoms with Crippen molar-refractivity contribution in [1.82, 2.24) is 5.32 Å². The summed E-state index contributed by atoms with van der Waals surface area (Å²) in [6, 6.07) is 9.28. The van der Waals surface area contributed by atoms with Gasteiger partial charge in [0, 0.05) is 12.6 Å². The summed E-state index contributed by atoms with van der Waals surface area (Å²) in [5.41, 5.74) is 8.73. The molecular weight excluding hydrogens is 244 g/mol. The molecule has 0 spiro atoms. The van der Waals surface area contributed by atoms with E-state index in [-0.39, 0.29) is 0 Å². The van der Waals surface area contributed by atoms with Gasteiger partial charge < -0.3 is 11.1 Å². The zero-order valence-electron chi connectivity index (χ0n) is 12.6. The van der Waals surface area contributed by atoms with Gasteiger partial charge in [0.1, 0.15) is 0 Å². The van der Waals surface area contributed by atoms with Crippen molar-refractivity contribution < 1.29 is 0 Å². The summed E-state index contributed by atoms with van der Waals surface area (Å²) in [7, 11) is 0. The summed E-state index contributed by atoms with van der Waals surface area (Å²) in [6.07, 6.45) is 6.94. The minimum Gasteiger partial charge on any atom is -0.329 e. The predicted molar refractivity (Wildman–Crippen MR) is 84.6 cm³/mol. The lowest BCUT2D eigenvalue weighted by atomic mass is 9.96. The Morgan fingerprint density at radius 3 is 2.15 bits per heavy atom. The minimum absolute atomic E-state index is 0.320. The fourth-order valence-electron chi connectivity index (χ4n) is 3.37. The normalized spacial score (nSPS) is 20.4. The van der Waals surface area contributed by atoms with Crippen molar-refractivity contribution in [2.75, 3.05) is 13.1 Å². The van der Waals surface area contributed by atoms with E-state index in [1.165, 1.54) is 36.8 Å². The van der Waals surface area contributed by atoms with E-state index < -0.39 is 0 Å². The highest BCUT2D eigenvalue weighted by molar-refractivity contribution is 5.25. The van der Waals surface area contributed by atoms with E-state index in [0.717, 1.165) is 30.7 Å². The second-order valence-electron chi connectivity index (χ2n) is 6.63. The molecule has 0 amide bonds. The quantitative estimate of drug-likeness (QED) is 0.762. The van der Waals surface area contributed by atoms with Crippen molar-refractivity contribution in [3.8, 4) is 0 Å². The molecule has 2 nitrogen and oxygen atoms in total. The standard InChI is InChI=1S/C18H28N2/c1-2-13-3-5-16(6-4-13)18(11-19)20-12-17(14-7-8-14)15-9-10-15/h3-6,14-15,17-18,20H,2,7-12,19H2,1H3. The van der Waals surface area contributed by atoms with Crippen molar-refractivity contribution in [3.63, 3.8) is 0 Å². The molecule has 3 N–H and O–H groups in total. The molecule has 1 atom stereocenters. The highest BCUT2D eigenvalue weighted by Gasteiger charge is 2.41. The third-order valence-corrected chi connectivity index (χ3v) is 5.08. The van der Waals surface area contributed by atoms with Crippen molar-refractivity contribution >= 4 is 0 Å². The van der Waals surface area contributed by atoms with Crippen LogP contribution in [0.25, 0.3) is 0 Å². The molecule has 2 heteroatoms. The Balaban J connectivity index is 1.57. The smallest absolute Gasteiger partial charge is 0.0444 e. The van der Waals surface area contributed by atoms with Gasteiger partial charge in [-0.25, -0.2) is 0 Å². The van der Waals surface area contributed by atoms with Gasteiger partial charge in [0.05, 0.1) is 0 Å². The van der Waals surface area contributed by atoms with E-state index in [0.29, 0.717) is 12.6 Å². The van der Waals surface area contributed by atoms with Gasteiger partial charge in [0.2, 0.25) is 0 Å². The number of nitrogens with one attached hydrogen (secondary N) is 1. The number of nitrogens with two attached hydrogens (primary N) is 1. The van der Waals surface area contributed by atoms with Gasteiger partial charge in [-0.2, -0.15) is 0 Å². The molecule has 0 saturated heterocycles. The number of hydrogen-bond donors (Lipinski definition) is 2. The molecule has 20 heavy (non-hydrogen) atoms. The van der Waals surface area contributed by atoms with Gasteiger partial charge >= 0.3 is 0 Å². The SMILES string of the molecule is CCc1ccc(C(CN)NCC(C2CC2)C2CC2)cc1. The maximum atomic E-state index is 5.98. The molecule has 0 aromatic heterocycles. The van der Waals surface area contributed by atoms with Gasteiger partial charge in [0.25, 0.3) is 0 Å². The molecule has 2 aliphatic carbocycles. The summed E-state index contributed by atoms with van der Waals surface area (Å²) in [5, 5.41) is 3.74. The Kier molecular flexibility index (Phi) is 4.42. The number of rotatable bonds is 8. The maximum absolute atomic E-state index is 5.98. The zero-order valence-corrected chi connectivity index (χ0v) is 12.6. The van der Waals surface area contributed by atoms with Gasteiger partial charge in [-0.15, -0.1) is 0 Å². The van der Waals surface area contributed by atoms with E-state index >= 15 is 0 Å². The van der Waals surface area contributed by atoms with Crippen molar-refractivity contribution in [2.24, 2.45) is 23.5 Å². The highest BCUT2D eigenvalue weighted by atomic mass is 14.9. The van der Waals surface area contributed by atoms with Gasteiger partial charge in [0.15, 0.2) is 0 Å². The maximum Gasteiger partial charge on any atom is 0.0444 e. The monoisotopic (exact) mass is 272 g/mol. The molecule has 1 aromatic rings. The summed E-state index contributed by atoms with van der Waals surface area (Å²) in [5.74, 6) is 2.94. The van der Waals surface area contributed by atoms with E-state index in [1.54, 1.807) is 0 Å². The molecule has 0 aliphatic heterocycles. The van der Waals surface area contributed by atoms with Crippen LogP contribution in [0.4, 0.5) is 0 Å². The Bertz CT molecular complexity index is 406. The fourth-order valence-corrected chi connectivity index (χ4v) is 3.37. The Hall–Kier alpha value is -0.860. The van der Waals surface area contributed by atoms with E-state index in [1.807, 2.05) is 0 Å². The molecular formula is C18H28N2. The molecule has 1 aromatic carbocycles. The van der Waals surface area contributed by atoms with Crippen LogP contribution < -0.4 is 11.1 Å². The van der Waals surface area contributed by atoms with Gasteiger partial charge in [-0.3, -0.25) is 0 Å². The second kappa shape index (κ2) is 6.28. The molecule has 110 valence electrons. The lowest BCUT2D eigenvalue weighted by Gasteiger charge is -2.22. The predicted octanol–water partition coefficient (Wildman–Crippen LogP) is 3.27. The first-order chi connectivity index (χ1) is 9.81. The summed E-state index contributed by atoms with van der Waals surface area (Å²) in [6.45, 7) is 4.05. The Morgan fingerprint density at radius 2 is 1.70 bits per heavy atom. The molecule has 3 rings (SSSR count). The number of aryl methyl sites for hydroxylation is 1. The van der Waals surface area contributed by atoms with Gasteiger partial charge in [-0.1, -0.05) is 31.2 Å². The summed E-state index contributed by atoms with van der Waals surface area (Å²) in [4.78, 5) is 0. The van der Waals surface area contributed by atoms with Crippen LogP contribution in [0, 0.1) is 17.8 Å². The fraction of sp³-hybridized carbons (Fsp3) is 0.667. The molecule has 2 saturated carbocycles. The minimum atomic E-state index is 0.320. The van der Waals surface area contributed by atoms with Crippen LogP contribution in [-0.2, 0) is 6.42 Å². The van der Waals surface area contributed by atoms with E-state index in [9.17, 15) is 0 Å². The van der Waals surface area contributed by atoms with Gasteiger partial charge in [-0.05, 0) is 67.5 Å². The average molecular weight is 272 g/mol. The van der Waals surface area contributed by atoms with Crippen LogP contribution >= 0.6 is 0 Å². The topological polar surface area (TPSA) is 38.0 Å². The average Bonchev–Trinajstić information content (AvgIpc) is 3.38. The molecule has 0 bridgehead atoms. The first kappa shape index (κ1) is 14.1. The molecule has 0 heterocycles. The molecule has 2 fully saturated rings. The highest BCUT2D eigenvalue weighted by Crippen LogP contribution is 2.48. The second-order valence-corrected chi connectivity index (χ2v) is 6.63. The third kappa shape index (κ3) is 3.42. The van der Waals surface area contributed by atoms with Crippen LogP contribution in [0.15, 0.2) is 24.3 Å². The van der Waals surface area contributed by atoms with Crippen LogP contribution in [0.5, 0.6) is 0 Å². The van der Waals surface area contributed by atoms with Crippen LogP contribution in [-0.4, -0.2) is 13.1 Å².